The van der Waals surface area contributed by atoms with Gasteiger partial charge in [-0.3, -0.25) is 13.9 Å². The van der Waals surface area contributed by atoms with E-state index in [-0.39, 0.29) is 37.7 Å². The van der Waals surface area contributed by atoms with Crippen LogP contribution in [0.4, 0.5) is 5.69 Å². The second-order valence-corrected chi connectivity index (χ2v) is 10.6. The van der Waals surface area contributed by atoms with Crippen LogP contribution >= 0.6 is 0 Å². The summed E-state index contributed by atoms with van der Waals surface area (Å²) in [6.07, 6.45) is 2.76. The third-order valence-corrected chi connectivity index (χ3v) is 7.13. The molecule has 0 aliphatic rings. The highest BCUT2D eigenvalue weighted by atomic mass is 32.2. The van der Waals surface area contributed by atoms with E-state index in [0.717, 1.165) is 18.2 Å². The zero-order valence-electron chi connectivity index (χ0n) is 22.4. The summed E-state index contributed by atoms with van der Waals surface area (Å²) in [5.74, 6) is 0.832. The lowest BCUT2D eigenvalue weighted by Gasteiger charge is -2.31. The summed E-state index contributed by atoms with van der Waals surface area (Å²) in [6, 6.07) is 13.5. The largest absolute Gasteiger partial charge is 0.497 e. The number of anilines is 1. The Labute approximate surface area is 220 Å². The summed E-state index contributed by atoms with van der Waals surface area (Å²) >= 11 is 0. The van der Waals surface area contributed by atoms with Crippen LogP contribution in [0.1, 0.15) is 45.1 Å². The van der Waals surface area contributed by atoms with Gasteiger partial charge in [-0.1, -0.05) is 32.0 Å². The maximum atomic E-state index is 13.5. The number of hydrogen-bond donors (Lipinski definition) is 1. The van der Waals surface area contributed by atoms with Gasteiger partial charge in [0.15, 0.2) is 0 Å². The van der Waals surface area contributed by atoms with Crippen LogP contribution in [0.15, 0.2) is 48.5 Å². The van der Waals surface area contributed by atoms with E-state index in [4.69, 9.17) is 9.47 Å². The van der Waals surface area contributed by atoms with Gasteiger partial charge in [-0.05, 0) is 49.1 Å². The number of nitrogens with one attached hydrogen (secondary N) is 1. The van der Waals surface area contributed by atoms with E-state index in [0.29, 0.717) is 30.2 Å². The summed E-state index contributed by atoms with van der Waals surface area (Å²) in [5.41, 5.74) is 1.33. The minimum absolute atomic E-state index is 0.0870. The molecule has 10 heteroatoms. The minimum Gasteiger partial charge on any atom is -0.497 e. The molecule has 0 saturated carbocycles. The molecule has 2 aromatic rings. The Morgan fingerprint density at radius 3 is 2.24 bits per heavy atom. The molecular weight excluding hydrogens is 494 g/mol. The quantitative estimate of drug-likeness (QED) is 0.375. The molecule has 2 amide bonds. The van der Waals surface area contributed by atoms with Gasteiger partial charge in [0.25, 0.3) is 0 Å². The van der Waals surface area contributed by atoms with Crippen molar-refractivity contribution in [2.45, 2.75) is 52.1 Å². The second-order valence-electron chi connectivity index (χ2n) is 8.72. The van der Waals surface area contributed by atoms with Crippen molar-refractivity contribution < 1.29 is 27.5 Å². The Bertz CT molecular complexity index is 1120. The fourth-order valence-electron chi connectivity index (χ4n) is 3.98. The molecule has 0 saturated heterocycles. The molecule has 0 unspecified atom stereocenters. The minimum atomic E-state index is -3.58. The van der Waals surface area contributed by atoms with E-state index >= 15 is 0 Å². The van der Waals surface area contributed by atoms with Crippen LogP contribution in [-0.2, 0) is 26.2 Å². The van der Waals surface area contributed by atoms with E-state index in [1.165, 1.54) is 11.4 Å². The van der Waals surface area contributed by atoms with Crippen LogP contribution in [0, 0.1) is 0 Å². The first-order valence-electron chi connectivity index (χ1n) is 12.5. The normalized spacial score (nSPS) is 11.9. The Morgan fingerprint density at radius 1 is 1.00 bits per heavy atom. The van der Waals surface area contributed by atoms with E-state index in [2.05, 4.69) is 5.32 Å². The Balaban J connectivity index is 2.21. The van der Waals surface area contributed by atoms with Gasteiger partial charge >= 0.3 is 0 Å². The molecule has 2 rings (SSSR count). The van der Waals surface area contributed by atoms with E-state index < -0.39 is 16.1 Å². The molecule has 0 heterocycles. The molecule has 0 spiro atoms. The number of nitrogens with zero attached hydrogens (tertiary/aromatic N) is 2. The number of ether oxygens (including phenoxy) is 2. The van der Waals surface area contributed by atoms with E-state index in [1.807, 2.05) is 38.1 Å². The first-order chi connectivity index (χ1) is 17.6. The van der Waals surface area contributed by atoms with Gasteiger partial charge < -0.3 is 19.7 Å². The van der Waals surface area contributed by atoms with Crippen LogP contribution in [0.5, 0.6) is 11.5 Å². The highest BCUT2D eigenvalue weighted by Crippen LogP contribution is 2.24. The number of methoxy groups -OCH3 is 2. The number of benzene rings is 2. The predicted octanol–water partition coefficient (Wildman–Crippen LogP) is 3.58. The summed E-state index contributed by atoms with van der Waals surface area (Å²) in [6.45, 7) is 4.75. The average molecular weight is 534 g/mol. The van der Waals surface area contributed by atoms with Gasteiger partial charge in [0.05, 0.1) is 26.2 Å². The van der Waals surface area contributed by atoms with Crippen molar-refractivity contribution in [2.24, 2.45) is 0 Å². The van der Waals surface area contributed by atoms with Crippen molar-refractivity contribution in [2.75, 3.05) is 37.9 Å². The van der Waals surface area contributed by atoms with Gasteiger partial charge in [-0.2, -0.15) is 0 Å². The highest BCUT2D eigenvalue weighted by molar-refractivity contribution is 7.92. The highest BCUT2D eigenvalue weighted by Gasteiger charge is 2.28. The van der Waals surface area contributed by atoms with Crippen molar-refractivity contribution in [1.29, 1.82) is 0 Å². The molecule has 37 heavy (non-hydrogen) atoms. The second kappa shape index (κ2) is 14.5. The molecule has 0 fully saturated rings. The smallest absolute Gasteiger partial charge is 0.242 e. The first-order valence-corrected chi connectivity index (χ1v) is 14.3. The van der Waals surface area contributed by atoms with Crippen molar-refractivity contribution in [3.63, 3.8) is 0 Å². The molecule has 0 bridgehead atoms. The van der Waals surface area contributed by atoms with Crippen molar-refractivity contribution in [1.82, 2.24) is 10.2 Å². The number of sulfonamides is 1. The molecule has 0 aliphatic carbocycles. The molecule has 0 aliphatic heterocycles. The molecule has 9 nitrogen and oxygen atoms in total. The molecule has 204 valence electrons. The van der Waals surface area contributed by atoms with Gasteiger partial charge in [0.1, 0.15) is 17.5 Å². The molecular formula is C27H39N3O6S. The number of rotatable bonds is 15. The Kier molecular flexibility index (Phi) is 11.7. The SMILES string of the molecule is CCCNC(=O)[C@@H](CC)N(Cc1ccc(OC)cc1)C(=O)CCCN(c1cccc(OC)c1)S(C)(=O)=O. The van der Waals surface area contributed by atoms with Crippen LogP contribution in [0.25, 0.3) is 0 Å². The van der Waals surface area contributed by atoms with Crippen LogP contribution < -0.4 is 19.1 Å². The third-order valence-electron chi connectivity index (χ3n) is 5.94. The lowest BCUT2D eigenvalue weighted by Crippen LogP contribution is -2.49. The first kappa shape index (κ1) is 30.0. The molecule has 2 aromatic carbocycles. The summed E-state index contributed by atoms with van der Waals surface area (Å²) in [4.78, 5) is 27.9. The number of amides is 2. The summed E-state index contributed by atoms with van der Waals surface area (Å²) in [7, 11) is -0.485. The van der Waals surface area contributed by atoms with Gasteiger partial charge in [0.2, 0.25) is 21.8 Å². The van der Waals surface area contributed by atoms with Gasteiger partial charge in [-0.15, -0.1) is 0 Å². The van der Waals surface area contributed by atoms with Crippen molar-refractivity contribution in [3.05, 3.63) is 54.1 Å². The maximum Gasteiger partial charge on any atom is 0.242 e. The number of carbonyl (C=O) groups excluding carboxylic acids is 2. The van der Waals surface area contributed by atoms with E-state index in [9.17, 15) is 18.0 Å². The molecule has 1 atom stereocenters. The molecule has 0 aromatic heterocycles. The van der Waals surface area contributed by atoms with Crippen molar-refractivity contribution >= 4 is 27.5 Å². The lowest BCUT2D eigenvalue weighted by molar-refractivity contribution is -0.141. The monoisotopic (exact) mass is 533 g/mol. The zero-order chi connectivity index (χ0) is 27.4. The Hall–Kier alpha value is -3.27. The van der Waals surface area contributed by atoms with Gasteiger partial charge in [0, 0.05) is 32.1 Å². The van der Waals surface area contributed by atoms with Crippen LogP contribution in [0.3, 0.4) is 0 Å². The third kappa shape index (κ3) is 8.96. The number of hydrogen-bond acceptors (Lipinski definition) is 6. The fourth-order valence-corrected chi connectivity index (χ4v) is 4.94. The lowest BCUT2D eigenvalue weighted by atomic mass is 10.1. The molecule has 1 N–H and O–H groups in total. The van der Waals surface area contributed by atoms with Crippen LogP contribution in [0.2, 0.25) is 0 Å². The fraction of sp³-hybridized carbons (Fsp3) is 0.481. The zero-order valence-corrected chi connectivity index (χ0v) is 23.2. The average Bonchev–Trinajstić information content (AvgIpc) is 2.89. The predicted molar refractivity (Wildman–Crippen MR) is 145 cm³/mol. The summed E-state index contributed by atoms with van der Waals surface area (Å²) < 4.78 is 36.7. The van der Waals surface area contributed by atoms with Crippen LogP contribution in [-0.4, -0.2) is 64.7 Å². The van der Waals surface area contributed by atoms with Gasteiger partial charge in [-0.25, -0.2) is 8.42 Å². The van der Waals surface area contributed by atoms with E-state index in [1.54, 1.807) is 36.3 Å². The maximum absolute atomic E-state index is 13.5. The molecule has 0 radical (unpaired) electrons. The van der Waals surface area contributed by atoms with Crippen molar-refractivity contribution in [3.8, 4) is 11.5 Å². The topological polar surface area (TPSA) is 105 Å². The summed E-state index contributed by atoms with van der Waals surface area (Å²) in [5, 5.41) is 2.90. The standard InChI is InChI=1S/C27H39N3O6S/c1-6-17-28-27(32)25(7-2)29(20-21-13-15-23(35-3)16-14-21)26(31)12-9-18-30(37(5,33)34)22-10-8-11-24(19-22)36-4/h8,10-11,13-16,19,25H,6-7,9,12,17-18,20H2,1-5H3,(H,28,32)/t25-/m1/s1. The Morgan fingerprint density at radius 2 is 1.68 bits per heavy atom. The number of carbonyl (C=O) groups is 2.